The molecule has 1 fully saturated rings. The van der Waals surface area contributed by atoms with E-state index in [0.29, 0.717) is 25.6 Å². The second-order valence-electron chi connectivity index (χ2n) is 10.5. The van der Waals surface area contributed by atoms with Crippen LogP contribution in [0.15, 0.2) is 48.8 Å². The van der Waals surface area contributed by atoms with Crippen LogP contribution in [-0.2, 0) is 16.2 Å². The Kier molecular flexibility index (Phi) is 13.1. The van der Waals surface area contributed by atoms with Crippen molar-refractivity contribution in [1.29, 1.82) is 0 Å². The van der Waals surface area contributed by atoms with Crippen molar-refractivity contribution in [1.82, 2.24) is 15.6 Å². The molecular weight excluding hydrogens is 476 g/mol. The molecule has 1 heterocycles. The largest absolute Gasteiger partial charge is 0.489 e. The predicted octanol–water partition coefficient (Wildman–Crippen LogP) is 5.10. The summed E-state index contributed by atoms with van der Waals surface area (Å²) in [6.45, 7) is 4.30. The van der Waals surface area contributed by atoms with Gasteiger partial charge in [-0.05, 0) is 80.0 Å². The quantitative estimate of drug-likeness (QED) is 0.266. The van der Waals surface area contributed by atoms with Gasteiger partial charge in [0.25, 0.3) is 0 Å². The number of nitrogens with zero attached hydrogens (tertiary/aromatic N) is 1. The van der Waals surface area contributed by atoms with E-state index in [0.717, 1.165) is 55.4 Å². The van der Waals surface area contributed by atoms with E-state index in [4.69, 9.17) is 10.5 Å². The van der Waals surface area contributed by atoms with Crippen LogP contribution < -0.4 is 21.1 Å². The van der Waals surface area contributed by atoms with Crippen molar-refractivity contribution in [3.8, 4) is 5.75 Å². The maximum absolute atomic E-state index is 13.2. The predicted molar refractivity (Wildman–Crippen MR) is 152 cm³/mol. The number of rotatable bonds is 16. The van der Waals surface area contributed by atoms with Crippen LogP contribution in [0.4, 0.5) is 0 Å². The number of pyridine rings is 1. The first-order chi connectivity index (χ1) is 18.6. The van der Waals surface area contributed by atoms with Gasteiger partial charge in [-0.25, -0.2) is 0 Å². The number of hydrogen-bond donors (Lipinski definition) is 3. The van der Waals surface area contributed by atoms with Gasteiger partial charge in [-0.2, -0.15) is 0 Å². The molecule has 3 rings (SSSR count). The summed E-state index contributed by atoms with van der Waals surface area (Å²) in [5, 5.41) is 6.19. The summed E-state index contributed by atoms with van der Waals surface area (Å²) in [6, 6.07) is 11.5. The second kappa shape index (κ2) is 16.8. The van der Waals surface area contributed by atoms with Gasteiger partial charge in [0.2, 0.25) is 11.8 Å². The average Bonchev–Trinajstić information content (AvgIpc) is 2.96. The van der Waals surface area contributed by atoms with E-state index in [9.17, 15) is 9.59 Å². The molecule has 7 heteroatoms. The lowest BCUT2D eigenvalue weighted by molar-refractivity contribution is -0.126. The van der Waals surface area contributed by atoms with Gasteiger partial charge < -0.3 is 21.1 Å². The maximum atomic E-state index is 13.2. The van der Waals surface area contributed by atoms with Gasteiger partial charge in [-0.1, -0.05) is 51.2 Å². The first-order valence-electron chi connectivity index (χ1n) is 14.5. The van der Waals surface area contributed by atoms with Crippen molar-refractivity contribution < 1.29 is 14.3 Å². The fraction of sp³-hybridized carbons (Fsp3) is 0.581. The van der Waals surface area contributed by atoms with Crippen molar-refractivity contribution >= 4 is 11.8 Å². The van der Waals surface area contributed by atoms with Crippen LogP contribution in [0.25, 0.3) is 0 Å². The molecule has 1 aromatic heterocycles. The van der Waals surface area contributed by atoms with E-state index in [1.807, 2.05) is 36.4 Å². The number of benzene rings is 1. The van der Waals surface area contributed by atoms with Crippen LogP contribution in [0.5, 0.6) is 5.75 Å². The molecule has 1 saturated carbocycles. The summed E-state index contributed by atoms with van der Waals surface area (Å²) in [6.07, 6.45) is 14.3. The Hall–Kier alpha value is -2.93. The Balaban J connectivity index is 1.56. The van der Waals surface area contributed by atoms with E-state index in [1.54, 1.807) is 12.4 Å². The maximum Gasteiger partial charge on any atom is 0.229 e. The van der Waals surface area contributed by atoms with E-state index in [-0.39, 0.29) is 24.3 Å². The number of unbranched alkanes of at least 4 members (excludes halogenated alkanes) is 5. The molecule has 1 aliphatic carbocycles. The summed E-state index contributed by atoms with van der Waals surface area (Å²) >= 11 is 0. The molecule has 1 atom stereocenters. The van der Waals surface area contributed by atoms with Crippen molar-refractivity contribution in [2.45, 2.75) is 83.7 Å². The topological polar surface area (TPSA) is 106 Å². The highest BCUT2D eigenvalue weighted by molar-refractivity contribution is 5.85. The van der Waals surface area contributed by atoms with Crippen molar-refractivity contribution in [2.24, 2.45) is 17.6 Å². The minimum Gasteiger partial charge on any atom is -0.489 e. The normalized spacial score (nSPS) is 17.9. The first-order valence-corrected chi connectivity index (χ1v) is 14.5. The molecule has 4 N–H and O–H groups in total. The third kappa shape index (κ3) is 10.1. The van der Waals surface area contributed by atoms with Gasteiger partial charge in [0.1, 0.15) is 12.4 Å². The van der Waals surface area contributed by atoms with Crippen molar-refractivity contribution in [2.75, 3.05) is 19.6 Å². The van der Waals surface area contributed by atoms with Crippen molar-refractivity contribution in [3.05, 3.63) is 59.9 Å². The average molecular weight is 523 g/mol. The molecule has 1 aromatic carbocycles. The van der Waals surface area contributed by atoms with E-state index < -0.39 is 5.92 Å². The summed E-state index contributed by atoms with van der Waals surface area (Å²) in [5.41, 5.74) is 7.71. The van der Waals surface area contributed by atoms with Gasteiger partial charge in [-0.3, -0.25) is 14.6 Å². The Labute approximate surface area is 228 Å². The van der Waals surface area contributed by atoms with Gasteiger partial charge in [0, 0.05) is 31.4 Å². The van der Waals surface area contributed by atoms with Gasteiger partial charge in [0.05, 0.1) is 5.92 Å². The number of hydrogen-bond acceptors (Lipinski definition) is 5. The van der Waals surface area contributed by atoms with E-state index in [2.05, 4.69) is 22.5 Å². The third-order valence-electron chi connectivity index (χ3n) is 7.61. The molecule has 7 nitrogen and oxygen atoms in total. The molecule has 1 unspecified atom stereocenters. The summed E-state index contributed by atoms with van der Waals surface area (Å²) in [5.74, 6) is 0.821. The van der Waals surface area contributed by atoms with Crippen LogP contribution in [0.3, 0.4) is 0 Å². The van der Waals surface area contributed by atoms with Crippen molar-refractivity contribution in [3.63, 3.8) is 0 Å². The van der Waals surface area contributed by atoms with Gasteiger partial charge in [-0.15, -0.1) is 0 Å². The molecule has 38 heavy (non-hydrogen) atoms. The van der Waals surface area contributed by atoms with Crippen LogP contribution in [0, 0.1) is 11.8 Å². The lowest BCUT2D eigenvalue weighted by Gasteiger charge is -2.27. The standard InChI is InChI=1S/C31H46N4O3/c1-2-3-4-5-6-7-18-34-31(37)29(22-35-30(36)27-10-8-24(21-32)9-11-27)26-12-14-28(15-13-26)38-23-25-16-19-33-20-17-25/h12-17,19-20,24,27,29H,2-11,18,21-23,32H2,1H3,(H,34,37)(H,35,36). The monoisotopic (exact) mass is 522 g/mol. The highest BCUT2D eigenvalue weighted by atomic mass is 16.5. The van der Waals surface area contributed by atoms with E-state index >= 15 is 0 Å². The fourth-order valence-electron chi connectivity index (χ4n) is 5.05. The molecule has 0 aliphatic heterocycles. The molecule has 0 bridgehead atoms. The number of carbonyl (C=O) groups excluding carboxylic acids is 2. The number of nitrogens with two attached hydrogens (primary N) is 1. The number of nitrogens with one attached hydrogen (secondary N) is 2. The van der Waals surface area contributed by atoms with Crippen LogP contribution in [-0.4, -0.2) is 36.4 Å². The molecule has 0 spiro atoms. The Bertz CT molecular complexity index is 943. The molecular formula is C31H46N4O3. The summed E-state index contributed by atoms with van der Waals surface area (Å²) < 4.78 is 5.90. The van der Waals surface area contributed by atoms with Crippen LogP contribution >= 0.6 is 0 Å². The molecule has 0 radical (unpaired) electrons. The number of amides is 2. The molecule has 208 valence electrons. The van der Waals surface area contributed by atoms with Crippen LogP contribution in [0.1, 0.15) is 88.2 Å². The smallest absolute Gasteiger partial charge is 0.229 e. The zero-order chi connectivity index (χ0) is 27.0. The molecule has 2 amide bonds. The number of ether oxygens (including phenoxy) is 1. The Morgan fingerprint density at radius 2 is 1.63 bits per heavy atom. The Morgan fingerprint density at radius 3 is 2.32 bits per heavy atom. The molecule has 1 aliphatic rings. The minimum absolute atomic E-state index is 0.00796. The minimum atomic E-state index is -0.450. The highest BCUT2D eigenvalue weighted by Crippen LogP contribution is 2.28. The summed E-state index contributed by atoms with van der Waals surface area (Å²) in [7, 11) is 0. The summed E-state index contributed by atoms with van der Waals surface area (Å²) in [4.78, 5) is 30.2. The van der Waals surface area contributed by atoms with Gasteiger partial charge >= 0.3 is 0 Å². The highest BCUT2D eigenvalue weighted by Gasteiger charge is 2.27. The second-order valence-corrected chi connectivity index (χ2v) is 10.5. The third-order valence-corrected chi connectivity index (χ3v) is 7.61. The lowest BCUT2D eigenvalue weighted by atomic mass is 9.81. The molecule has 0 saturated heterocycles. The zero-order valence-corrected chi connectivity index (χ0v) is 23.0. The Morgan fingerprint density at radius 1 is 0.947 bits per heavy atom. The van der Waals surface area contributed by atoms with E-state index in [1.165, 1.54) is 25.7 Å². The van der Waals surface area contributed by atoms with Gasteiger partial charge in [0.15, 0.2) is 0 Å². The number of carbonyl (C=O) groups is 2. The van der Waals surface area contributed by atoms with Crippen LogP contribution in [0.2, 0.25) is 0 Å². The number of aromatic nitrogens is 1. The SMILES string of the molecule is CCCCCCCCNC(=O)C(CNC(=O)C1CCC(CN)CC1)c1ccc(OCc2ccncc2)cc1. The first kappa shape index (κ1) is 29.6. The fourth-order valence-corrected chi connectivity index (χ4v) is 5.05. The lowest BCUT2D eigenvalue weighted by Crippen LogP contribution is -2.40. The zero-order valence-electron chi connectivity index (χ0n) is 23.0. The molecule has 2 aromatic rings.